The predicted octanol–water partition coefficient (Wildman–Crippen LogP) is 2.78. The highest BCUT2D eigenvalue weighted by Crippen LogP contribution is 2.33. The first-order valence-corrected chi connectivity index (χ1v) is 6.74. The van der Waals surface area contributed by atoms with E-state index in [0.29, 0.717) is 5.75 Å². The molecular weight excluding hydrogens is 234 g/mol. The van der Waals surface area contributed by atoms with Crippen LogP contribution in [0, 0.1) is 6.92 Å². The quantitative estimate of drug-likeness (QED) is 0.881. The van der Waals surface area contributed by atoms with Gasteiger partial charge >= 0.3 is 0 Å². The molecule has 1 fully saturated rings. The fraction of sp³-hybridized carbons (Fsp3) is 0.294. The normalized spacial score (nSPS) is 16.9. The molecule has 0 atom stereocenters. The third kappa shape index (κ3) is 2.36. The van der Waals surface area contributed by atoms with Crippen molar-refractivity contribution in [3.05, 3.63) is 65.2 Å². The molecule has 2 heteroatoms. The van der Waals surface area contributed by atoms with Crippen molar-refractivity contribution in [2.45, 2.75) is 18.8 Å². The van der Waals surface area contributed by atoms with Gasteiger partial charge < -0.3 is 10.4 Å². The van der Waals surface area contributed by atoms with Crippen LogP contribution in [0.1, 0.15) is 16.7 Å². The zero-order chi connectivity index (χ0) is 13.3. The smallest absolute Gasteiger partial charge is 0.115 e. The lowest BCUT2D eigenvalue weighted by Gasteiger charge is -2.43. The summed E-state index contributed by atoms with van der Waals surface area (Å²) in [5, 5.41) is 13.0. The maximum atomic E-state index is 9.59. The van der Waals surface area contributed by atoms with Gasteiger partial charge in [0, 0.05) is 18.5 Å². The Balaban J connectivity index is 1.89. The van der Waals surface area contributed by atoms with Crippen molar-refractivity contribution in [1.82, 2.24) is 5.32 Å². The van der Waals surface area contributed by atoms with Gasteiger partial charge in [-0.3, -0.25) is 0 Å². The van der Waals surface area contributed by atoms with Crippen molar-refractivity contribution in [3.8, 4) is 5.75 Å². The van der Waals surface area contributed by atoms with Crippen LogP contribution in [0.15, 0.2) is 48.5 Å². The topological polar surface area (TPSA) is 32.3 Å². The monoisotopic (exact) mass is 253 g/mol. The molecule has 1 aliphatic rings. The molecule has 98 valence electrons. The number of aryl methyl sites for hydroxylation is 1. The van der Waals surface area contributed by atoms with Gasteiger partial charge in [0.2, 0.25) is 0 Å². The molecule has 0 unspecified atom stereocenters. The molecule has 0 saturated carbocycles. The van der Waals surface area contributed by atoms with Crippen molar-refractivity contribution in [1.29, 1.82) is 0 Å². The zero-order valence-corrected chi connectivity index (χ0v) is 11.2. The van der Waals surface area contributed by atoms with E-state index < -0.39 is 0 Å². The molecule has 3 rings (SSSR count). The van der Waals surface area contributed by atoms with Gasteiger partial charge in [-0.05, 0) is 36.6 Å². The van der Waals surface area contributed by atoms with Crippen molar-refractivity contribution in [3.63, 3.8) is 0 Å². The second-order valence-corrected chi connectivity index (χ2v) is 5.60. The molecule has 1 heterocycles. The Hall–Kier alpha value is -1.80. The van der Waals surface area contributed by atoms with Gasteiger partial charge in [-0.15, -0.1) is 0 Å². The Bertz CT molecular complexity index is 570. The molecule has 1 aliphatic heterocycles. The van der Waals surface area contributed by atoms with Crippen molar-refractivity contribution in [2.24, 2.45) is 0 Å². The summed E-state index contributed by atoms with van der Waals surface area (Å²) >= 11 is 0. The average molecular weight is 253 g/mol. The number of aromatic hydroxyl groups is 1. The second-order valence-electron chi connectivity index (χ2n) is 5.60. The van der Waals surface area contributed by atoms with Crippen LogP contribution >= 0.6 is 0 Å². The van der Waals surface area contributed by atoms with Gasteiger partial charge in [-0.2, -0.15) is 0 Å². The summed E-state index contributed by atoms with van der Waals surface area (Å²) in [4.78, 5) is 0. The van der Waals surface area contributed by atoms with Crippen LogP contribution in [-0.2, 0) is 11.8 Å². The largest absolute Gasteiger partial charge is 0.508 e. The van der Waals surface area contributed by atoms with E-state index in [-0.39, 0.29) is 5.41 Å². The minimum absolute atomic E-state index is 0.182. The van der Waals surface area contributed by atoms with Gasteiger partial charge in [0.25, 0.3) is 0 Å². The van der Waals surface area contributed by atoms with E-state index in [1.807, 2.05) is 12.1 Å². The summed E-state index contributed by atoms with van der Waals surface area (Å²) in [5.74, 6) is 0.351. The summed E-state index contributed by atoms with van der Waals surface area (Å²) in [5.41, 5.74) is 4.06. The summed E-state index contributed by atoms with van der Waals surface area (Å²) < 4.78 is 0. The minimum atomic E-state index is 0.182. The van der Waals surface area contributed by atoms with E-state index in [0.717, 1.165) is 19.5 Å². The fourth-order valence-electron chi connectivity index (χ4n) is 2.82. The average Bonchev–Trinajstić information content (AvgIpc) is 2.35. The number of rotatable bonds is 3. The lowest BCUT2D eigenvalue weighted by Crippen LogP contribution is -2.58. The van der Waals surface area contributed by atoms with Crippen LogP contribution in [0.5, 0.6) is 5.75 Å². The Labute approximate surface area is 114 Å². The highest BCUT2D eigenvalue weighted by atomic mass is 16.3. The van der Waals surface area contributed by atoms with Crippen molar-refractivity contribution in [2.75, 3.05) is 13.1 Å². The third-order valence-corrected chi connectivity index (χ3v) is 4.04. The van der Waals surface area contributed by atoms with Gasteiger partial charge in [0.05, 0.1) is 0 Å². The maximum Gasteiger partial charge on any atom is 0.115 e. The number of phenols is 1. The molecule has 0 aliphatic carbocycles. The summed E-state index contributed by atoms with van der Waals surface area (Å²) in [7, 11) is 0. The molecule has 0 aromatic heterocycles. The Morgan fingerprint density at radius 2 is 1.84 bits per heavy atom. The maximum absolute atomic E-state index is 9.59. The first-order valence-electron chi connectivity index (χ1n) is 6.74. The summed E-state index contributed by atoms with van der Waals surface area (Å²) in [6, 6.07) is 16.4. The fourth-order valence-corrected chi connectivity index (χ4v) is 2.82. The van der Waals surface area contributed by atoms with Crippen molar-refractivity contribution < 1.29 is 5.11 Å². The number of hydrogen-bond acceptors (Lipinski definition) is 2. The third-order valence-electron chi connectivity index (χ3n) is 4.04. The summed E-state index contributed by atoms with van der Waals surface area (Å²) in [6.45, 7) is 4.13. The van der Waals surface area contributed by atoms with Crippen LogP contribution < -0.4 is 5.32 Å². The van der Waals surface area contributed by atoms with Crippen LogP contribution in [0.25, 0.3) is 0 Å². The first kappa shape index (κ1) is 12.2. The highest BCUT2D eigenvalue weighted by Gasteiger charge is 2.38. The van der Waals surface area contributed by atoms with Gasteiger partial charge in [0.15, 0.2) is 0 Å². The van der Waals surface area contributed by atoms with E-state index in [1.54, 1.807) is 6.07 Å². The van der Waals surface area contributed by atoms with Crippen LogP contribution in [0.4, 0.5) is 0 Å². The van der Waals surface area contributed by atoms with E-state index in [4.69, 9.17) is 0 Å². The molecule has 2 N–H and O–H groups in total. The zero-order valence-electron chi connectivity index (χ0n) is 11.2. The Morgan fingerprint density at radius 1 is 1.11 bits per heavy atom. The van der Waals surface area contributed by atoms with E-state index in [2.05, 4.69) is 42.6 Å². The molecule has 19 heavy (non-hydrogen) atoms. The molecule has 0 amide bonds. The van der Waals surface area contributed by atoms with Crippen LogP contribution in [0.2, 0.25) is 0 Å². The number of nitrogens with one attached hydrogen (secondary N) is 1. The van der Waals surface area contributed by atoms with Gasteiger partial charge in [-0.1, -0.05) is 42.0 Å². The summed E-state index contributed by atoms with van der Waals surface area (Å²) in [6.07, 6.45) is 0.970. The lowest BCUT2D eigenvalue weighted by atomic mass is 9.71. The molecular formula is C17H19NO. The molecule has 2 nitrogen and oxygen atoms in total. The van der Waals surface area contributed by atoms with Crippen LogP contribution in [0.3, 0.4) is 0 Å². The molecule has 2 aromatic carbocycles. The van der Waals surface area contributed by atoms with Crippen LogP contribution in [-0.4, -0.2) is 18.2 Å². The first-order chi connectivity index (χ1) is 9.18. The Morgan fingerprint density at radius 3 is 2.42 bits per heavy atom. The predicted molar refractivity (Wildman–Crippen MR) is 77.5 cm³/mol. The number of phenolic OH excluding ortho intramolecular Hbond substituents is 1. The van der Waals surface area contributed by atoms with Crippen molar-refractivity contribution >= 4 is 0 Å². The number of hydrogen-bond donors (Lipinski definition) is 2. The molecule has 0 radical (unpaired) electrons. The van der Waals surface area contributed by atoms with E-state index in [1.165, 1.54) is 16.7 Å². The number of benzene rings is 2. The standard InChI is InChI=1S/C17H19NO/c1-13-5-7-15(8-6-13)17(11-18-12-17)10-14-3-2-4-16(19)9-14/h2-9,18-19H,10-12H2,1H3. The van der Waals surface area contributed by atoms with Gasteiger partial charge in [0.1, 0.15) is 5.75 Å². The molecule has 2 aromatic rings. The molecule has 0 spiro atoms. The highest BCUT2D eigenvalue weighted by molar-refractivity contribution is 5.36. The lowest BCUT2D eigenvalue weighted by molar-refractivity contribution is 0.274. The minimum Gasteiger partial charge on any atom is -0.508 e. The van der Waals surface area contributed by atoms with E-state index >= 15 is 0 Å². The molecule has 1 saturated heterocycles. The second kappa shape index (κ2) is 4.71. The SMILES string of the molecule is Cc1ccc(C2(Cc3cccc(O)c3)CNC2)cc1. The van der Waals surface area contributed by atoms with E-state index in [9.17, 15) is 5.11 Å². The Kier molecular flexibility index (Phi) is 3.03. The van der Waals surface area contributed by atoms with Gasteiger partial charge in [-0.25, -0.2) is 0 Å². The molecule has 0 bridgehead atoms.